The minimum atomic E-state index is -0.769. The van der Waals surface area contributed by atoms with Gasteiger partial charge in [-0.3, -0.25) is 14.4 Å². The topological polar surface area (TPSA) is 69.7 Å². The smallest absolute Gasteiger partial charge is 0.243 e. The fourth-order valence-corrected chi connectivity index (χ4v) is 3.51. The number of anilines is 2. The Bertz CT molecular complexity index is 1040. The van der Waals surface area contributed by atoms with E-state index < -0.39 is 5.92 Å². The molecule has 1 saturated heterocycles. The van der Waals surface area contributed by atoms with E-state index in [-0.39, 0.29) is 24.3 Å². The lowest BCUT2D eigenvalue weighted by atomic mass is 10.1. The van der Waals surface area contributed by atoms with Crippen LogP contribution in [0.4, 0.5) is 11.4 Å². The summed E-state index contributed by atoms with van der Waals surface area (Å²) in [4.78, 5) is 40.9. The number of hydrogen-bond donors (Lipinski definition) is 1. The van der Waals surface area contributed by atoms with Crippen LogP contribution in [0, 0.1) is 32.1 Å². The predicted octanol–water partition coefficient (Wildman–Crippen LogP) is 2.73. The first-order valence-electron chi connectivity index (χ1n) is 9.80. The highest BCUT2D eigenvalue weighted by molar-refractivity contribution is 6.10. The molecule has 6 nitrogen and oxygen atoms in total. The summed E-state index contributed by atoms with van der Waals surface area (Å²) < 4.78 is 0. The van der Waals surface area contributed by atoms with E-state index in [1.54, 1.807) is 29.2 Å². The zero-order valence-corrected chi connectivity index (χ0v) is 17.4. The summed E-state index contributed by atoms with van der Waals surface area (Å²) in [7, 11) is 1.53. The molecule has 1 aliphatic rings. The molecule has 3 rings (SSSR count). The number of nitrogens with one attached hydrogen (secondary N) is 1. The van der Waals surface area contributed by atoms with Gasteiger partial charge in [0.1, 0.15) is 5.92 Å². The van der Waals surface area contributed by atoms with Crippen molar-refractivity contribution in [3.05, 3.63) is 59.2 Å². The third-order valence-electron chi connectivity index (χ3n) is 5.38. The van der Waals surface area contributed by atoms with Gasteiger partial charge in [-0.05, 0) is 61.7 Å². The van der Waals surface area contributed by atoms with Gasteiger partial charge in [0.05, 0.1) is 6.54 Å². The highest BCUT2D eigenvalue weighted by Gasteiger charge is 2.39. The second kappa shape index (κ2) is 8.83. The lowest BCUT2D eigenvalue weighted by Crippen LogP contribution is -2.41. The van der Waals surface area contributed by atoms with Crippen molar-refractivity contribution in [2.75, 3.05) is 30.4 Å². The molecule has 1 unspecified atom stereocenters. The van der Waals surface area contributed by atoms with E-state index in [1.807, 2.05) is 32.0 Å². The van der Waals surface area contributed by atoms with Gasteiger partial charge in [0.2, 0.25) is 17.7 Å². The maximum absolute atomic E-state index is 12.9. The summed E-state index contributed by atoms with van der Waals surface area (Å²) in [5, 5.41) is 2.73. The fourth-order valence-electron chi connectivity index (χ4n) is 3.51. The maximum Gasteiger partial charge on any atom is 0.243 e. The van der Waals surface area contributed by atoms with Gasteiger partial charge in [-0.15, -0.1) is 6.42 Å². The molecule has 1 heterocycles. The highest BCUT2D eigenvalue weighted by Crippen LogP contribution is 2.28. The van der Waals surface area contributed by atoms with Crippen LogP contribution in [-0.4, -0.2) is 42.8 Å². The number of terminal acetylenes is 1. The van der Waals surface area contributed by atoms with E-state index in [2.05, 4.69) is 11.2 Å². The summed E-state index contributed by atoms with van der Waals surface area (Å²) in [5.41, 5.74) is 4.26. The van der Waals surface area contributed by atoms with Crippen LogP contribution < -0.4 is 10.2 Å². The van der Waals surface area contributed by atoms with Gasteiger partial charge < -0.3 is 15.1 Å². The minimum Gasteiger partial charge on any atom is -0.336 e. The lowest BCUT2D eigenvalue weighted by Gasteiger charge is -2.21. The Hall–Kier alpha value is -3.59. The average molecular weight is 403 g/mol. The summed E-state index contributed by atoms with van der Waals surface area (Å²) >= 11 is 0. The number of benzene rings is 2. The molecule has 0 spiro atoms. The number of carbonyl (C=O) groups is 3. The zero-order valence-electron chi connectivity index (χ0n) is 17.4. The molecule has 2 aromatic rings. The van der Waals surface area contributed by atoms with E-state index >= 15 is 0 Å². The quantitative estimate of drug-likeness (QED) is 0.617. The van der Waals surface area contributed by atoms with E-state index in [0.717, 1.165) is 16.8 Å². The molecule has 0 radical (unpaired) electrons. The molecule has 0 aliphatic carbocycles. The largest absolute Gasteiger partial charge is 0.336 e. The number of likely N-dealkylation sites (N-methyl/N-ethyl adjacent to an activating group) is 1. The van der Waals surface area contributed by atoms with Crippen LogP contribution in [0.5, 0.6) is 0 Å². The molecule has 1 aliphatic heterocycles. The molecule has 0 bridgehead atoms. The standard InChI is InChI=1S/C24H25N3O3/c1-5-18-7-6-8-19(14-18)25-22(28)15-26(4)23(29)21-11-12-27(24(21)30)20-10-9-16(2)17(3)13-20/h1,6-10,13-14,21H,11-12,15H2,2-4H3,(H,25,28). The molecule has 30 heavy (non-hydrogen) atoms. The fraction of sp³-hybridized carbons (Fsp3) is 0.292. The van der Waals surface area contributed by atoms with E-state index in [1.165, 1.54) is 11.9 Å². The second-order valence-electron chi connectivity index (χ2n) is 7.57. The molecule has 3 amide bonds. The lowest BCUT2D eigenvalue weighted by molar-refractivity contribution is -0.140. The zero-order chi connectivity index (χ0) is 21.8. The Morgan fingerprint density at radius 3 is 2.67 bits per heavy atom. The van der Waals surface area contributed by atoms with Crippen molar-refractivity contribution in [2.45, 2.75) is 20.3 Å². The number of rotatable bonds is 5. The Morgan fingerprint density at radius 1 is 1.20 bits per heavy atom. The molecule has 1 N–H and O–H groups in total. The van der Waals surface area contributed by atoms with E-state index in [0.29, 0.717) is 24.2 Å². The Balaban J connectivity index is 1.61. The van der Waals surface area contributed by atoms with Gasteiger partial charge >= 0.3 is 0 Å². The maximum atomic E-state index is 12.9. The van der Waals surface area contributed by atoms with Gasteiger partial charge in [0.15, 0.2) is 0 Å². The van der Waals surface area contributed by atoms with Crippen LogP contribution >= 0.6 is 0 Å². The normalized spacial score (nSPS) is 15.6. The third kappa shape index (κ3) is 4.52. The van der Waals surface area contributed by atoms with Crippen LogP contribution in [-0.2, 0) is 14.4 Å². The van der Waals surface area contributed by atoms with Crippen LogP contribution in [0.1, 0.15) is 23.1 Å². The summed E-state index contributed by atoms with van der Waals surface area (Å²) in [5.74, 6) is 0.815. The number of amides is 3. The first kappa shape index (κ1) is 21.1. The molecule has 154 valence electrons. The van der Waals surface area contributed by atoms with Crippen LogP contribution in [0.2, 0.25) is 0 Å². The van der Waals surface area contributed by atoms with Gasteiger partial charge in [0, 0.05) is 30.5 Å². The van der Waals surface area contributed by atoms with E-state index in [9.17, 15) is 14.4 Å². The van der Waals surface area contributed by atoms with Crippen LogP contribution in [0.15, 0.2) is 42.5 Å². The van der Waals surface area contributed by atoms with Crippen molar-refractivity contribution in [3.8, 4) is 12.3 Å². The second-order valence-corrected chi connectivity index (χ2v) is 7.57. The highest BCUT2D eigenvalue weighted by atomic mass is 16.2. The number of hydrogen-bond acceptors (Lipinski definition) is 3. The minimum absolute atomic E-state index is 0.146. The van der Waals surface area contributed by atoms with Gasteiger partial charge in [0.25, 0.3) is 0 Å². The molecular weight excluding hydrogens is 378 g/mol. The Morgan fingerprint density at radius 2 is 1.97 bits per heavy atom. The first-order chi connectivity index (χ1) is 14.3. The van der Waals surface area contributed by atoms with Crippen molar-refractivity contribution >= 4 is 29.1 Å². The van der Waals surface area contributed by atoms with E-state index in [4.69, 9.17) is 6.42 Å². The van der Waals surface area contributed by atoms with Crippen molar-refractivity contribution < 1.29 is 14.4 Å². The molecule has 1 fully saturated rings. The third-order valence-corrected chi connectivity index (χ3v) is 5.38. The van der Waals surface area contributed by atoms with Gasteiger partial charge in [-0.1, -0.05) is 18.1 Å². The van der Waals surface area contributed by atoms with Crippen molar-refractivity contribution in [1.82, 2.24) is 4.90 Å². The van der Waals surface area contributed by atoms with Gasteiger partial charge in [-0.2, -0.15) is 0 Å². The van der Waals surface area contributed by atoms with Crippen LogP contribution in [0.25, 0.3) is 0 Å². The summed E-state index contributed by atoms with van der Waals surface area (Å²) in [6.07, 6.45) is 5.80. The molecule has 0 aromatic heterocycles. The monoisotopic (exact) mass is 403 g/mol. The first-order valence-corrected chi connectivity index (χ1v) is 9.80. The van der Waals surface area contributed by atoms with Crippen LogP contribution in [0.3, 0.4) is 0 Å². The molecule has 1 atom stereocenters. The summed E-state index contributed by atoms with van der Waals surface area (Å²) in [6, 6.07) is 12.7. The van der Waals surface area contributed by atoms with Crippen molar-refractivity contribution in [3.63, 3.8) is 0 Å². The molecule has 6 heteroatoms. The van der Waals surface area contributed by atoms with Crippen molar-refractivity contribution in [2.24, 2.45) is 5.92 Å². The van der Waals surface area contributed by atoms with Gasteiger partial charge in [-0.25, -0.2) is 0 Å². The summed E-state index contributed by atoms with van der Waals surface area (Å²) in [6.45, 7) is 4.34. The Labute approximate surface area is 176 Å². The molecule has 2 aromatic carbocycles. The number of nitrogens with zero attached hydrogens (tertiary/aromatic N) is 2. The predicted molar refractivity (Wildman–Crippen MR) is 117 cm³/mol. The SMILES string of the molecule is C#Cc1cccc(NC(=O)CN(C)C(=O)C2CCN(c3ccc(C)c(C)c3)C2=O)c1. The molecular formula is C24H25N3O3. The molecule has 0 saturated carbocycles. The number of carbonyl (C=O) groups excluding carboxylic acids is 3. The number of aryl methyl sites for hydroxylation is 2. The Kier molecular flexibility index (Phi) is 6.22. The average Bonchev–Trinajstić information content (AvgIpc) is 3.10. The van der Waals surface area contributed by atoms with Crippen molar-refractivity contribution in [1.29, 1.82) is 0 Å².